The molecular formula is C14H24BrNS. The summed E-state index contributed by atoms with van der Waals surface area (Å²) in [7, 11) is 0. The number of halogens is 1. The van der Waals surface area contributed by atoms with Gasteiger partial charge in [0, 0.05) is 25.2 Å². The van der Waals surface area contributed by atoms with Gasteiger partial charge in [0.05, 0.1) is 0 Å². The summed E-state index contributed by atoms with van der Waals surface area (Å²) >= 11 is 5.58. The monoisotopic (exact) mass is 317 g/mol. The van der Waals surface area contributed by atoms with Gasteiger partial charge in [-0.2, -0.15) is 0 Å². The molecule has 17 heavy (non-hydrogen) atoms. The van der Waals surface area contributed by atoms with Crippen molar-refractivity contribution in [3.63, 3.8) is 0 Å². The van der Waals surface area contributed by atoms with Crippen molar-refractivity contribution < 1.29 is 0 Å². The predicted molar refractivity (Wildman–Crippen MR) is 82.2 cm³/mol. The molecule has 3 heteroatoms. The minimum absolute atomic E-state index is 0.207. The van der Waals surface area contributed by atoms with E-state index >= 15 is 0 Å². The lowest BCUT2D eigenvalue weighted by Crippen LogP contribution is -2.38. The molecule has 1 rings (SSSR count). The van der Waals surface area contributed by atoms with E-state index in [1.807, 2.05) is 11.3 Å². The lowest BCUT2D eigenvalue weighted by molar-refractivity contribution is 0.381. The first-order valence-corrected chi connectivity index (χ1v) is 7.74. The largest absolute Gasteiger partial charge is 0.312 e. The van der Waals surface area contributed by atoms with Crippen LogP contribution in [-0.2, 0) is 5.41 Å². The van der Waals surface area contributed by atoms with E-state index in [9.17, 15) is 0 Å². The summed E-state index contributed by atoms with van der Waals surface area (Å²) < 4.78 is 1.26. The van der Waals surface area contributed by atoms with Crippen molar-refractivity contribution in [1.82, 2.24) is 5.32 Å². The maximum atomic E-state index is 3.67. The van der Waals surface area contributed by atoms with Gasteiger partial charge in [-0.25, -0.2) is 0 Å². The van der Waals surface area contributed by atoms with Gasteiger partial charge in [0.2, 0.25) is 0 Å². The molecule has 0 aliphatic heterocycles. The molecule has 0 unspecified atom stereocenters. The van der Waals surface area contributed by atoms with Crippen LogP contribution in [0.1, 0.15) is 50.8 Å². The van der Waals surface area contributed by atoms with Crippen LogP contribution in [0.25, 0.3) is 0 Å². The van der Waals surface area contributed by atoms with Crippen LogP contribution >= 0.6 is 27.3 Å². The Morgan fingerprint density at radius 3 is 2.24 bits per heavy atom. The number of hydrogen-bond acceptors (Lipinski definition) is 2. The highest BCUT2D eigenvalue weighted by Crippen LogP contribution is 2.38. The van der Waals surface area contributed by atoms with Gasteiger partial charge in [0.15, 0.2) is 0 Å². The van der Waals surface area contributed by atoms with Gasteiger partial charge in [0.25, 0.3) is 0 Å². The Morgan fingerprint density at radius 1 is 1.24 bits per heavy atom. The summed E-state index contributed by atoms with van der Waals surface area (Å²) in [5.41, 5.74) is 0.439. The van der Waals surface area contributed by atoms with Crippen LogP contribution in [0.15, 0.2) is 10.5 Å². The van der Waals surface area contributed by atoms with Crippen molar-refractivity contribution in [3.05, 3.63) is 20.3 Å². The summed E-state index contributed by atoms with van der Waals surface area (Å²) in [6.07, 6.45) is 1.16. The molecule has 1 aromatic rings. The Bertz CT molecular complexity index is 374. The van der Waals surface area contributed by atoms with E-state index in [-0.39, 0.29) is 11.0 Å². The van der Waals surface area contributed by atoms with Crippen LogP contribution in [0.5, 0.6) is 0 Å². The highest BCUT2D eigenvalue weighted by molar-refractivity contribution is 9.10. The quantitative estimate of drug-likeness (QED) is 0.835. The maximum absolute atomic E-state index is 3.67. The van der Waals surface area contributed by atoms with Gasteiger partial charge >= 0.3 is 0 Å². The summed E-state index contributed by atoms with van der Waals surface area (Å²) in [4.78, 5) is 2.84. The van der Waals surface area contributed by atoms with Gasteiger partial charge < -0.3 is 5.32 Å². The molecule has 1 heterocycles. The molecule has 1 N–H and O–H groups in total. The Labute approximate surface area is 118 Å². The molecule has 0 spiro atoms. The molecule has 0 saturated carbocycles. The number of nitrogens with one attached hydrogen (secondary N) is 1. The molecular weight excluding hydrogens is 294 g/mol. The van der Waals surface area contributed by atoms with Gasteiger partial charge in [-0.05, 0) is 62.7 Å². The maximum Gasteiger partial charge on any atom is 0.0322 e. The molecule has 0 aromatic carbocycles. The molecule has 1 nitrogen and oxygen atoms in total. The van der Waals surface area contributed by atoms with E-state index in [0.29, 0.717) is 0 Å². The third-order valence-corrected chi connectivity index (χ3v) is 5.13. The predicted octanol–water partition coefficient (Wildman–Crippen LogP) is 4.87. The minimum atomic E-state index is 0.207. The van der Waals surface area contributed by atoms with Crippen LogP contribution < -0.4 is 5.32 Å². The summed E-state index contributed by atoms with van der Waals surface area (Å²) in [5.74, 6) is 0. The first-order chi connectivity index (χ1) is 7.62. The molecule has 1 aromatic heterocycles. The number of rotatable bonds is 4. The van der Waals surface area contributed by atoms with Gasteiger partial charge in [-0.1, -0.05) is 13.8 Å². The normalized spacial score (nSPS) is 13.1. The second-order valence-corrected chi connectivity index (χ2v) is 8.46. The topological polar surface area (TPSA) is 12.0 Å². The lowest BCUT2D eigenvalue weighted by Gasteiger charge is -2.27. The van der Waals surface area contributed by atoms with Crippen LogP contribution in [-0.4, -0.2) is 12.1 Å². The van der Waals surface area contributed by atoms with Crippen molar-refractivity contribution in [1.29, 1.82) is 0 Å². The van der Waals surface area contributed by atoms with E-state index in [2.05, 4.69) is 68.9 Å². The number of thiophene rings is 1. The van der Waals surface area contributed by atoms with Crippen LogP contribution in [0.2, 0.25) is 0 Å². The average molecular weight is 318 g/mol. The summed E-state index contributed by atoms with van der Waals surface area (Å²) in [6, 6.07) is 2.22. The lowest BCUT2D eigenvalue weighted by atomic mass is 9.87. The van der Waals surface area contributed by atoms with Crippen LogP contribution in [0.4, 0.5) is 0 Å². The zero-order chi connectivity index (χ0) is 13.3. The summed E-state index contributed by atoms with van der Waals surface area (Å²) in [6.45, 7) is 14.5. The van der Waals surface area contributed by atoms with Crippen molar-refractivity contribution in [2.75, 3.05) is 6.54 Å². The fourth-order valence-corrected chi connectivity index (χ4v) is 4.12. The third-order valence-electron chi connectivity index (χ3n) is 2.83. The van der Waals surface area contributed by atoms with Crippen molar-refractivity contribution in [2.24, 2.45) is 0 Å². The first-order valence-electron chi connectivity index (χ1n) is 6.13. The standard InChI is InChI=1S/C14H24BrNS/c1-10-9-11(15)12(17-10)14(5,6)7-8-16-13(2,3)4/h9,16H,7-8H2,1-6H3. The molecule has 0 atom stereocenters. The molecule has 0 aliphatic rings. The van der Waals surface area contributed by atoms with E-state index < -0.39 is 0 Å². The van der Waals surface area contributed by atoms with E-state index in [0.717, 1.165) is 13.0 Å². The second-order valence-electron chi connectivity index (χ2n) is 6.34. The van der Waals surface area contributed by atoms with Crippen molar-refractivity contribution in [3.8, 4) is 0 Å². The Balaban J connectivity index is 2.66. The Morgan fingerprint density at radius 2 is 1.82 bits per heavy atom. The zero-order valence-corrected chi connectivity index (χ0v) is 14.2. The van der Waals surface area contributed by atoms with Crippen LogP contribution in [0, 0.1) is 6.92 Å². The zero-order valence-electron chi connectivity index (χ0n) is 11.8. The minimum Gasteiger partial charge on any atom is -0.312 e. The molecule has 0 amide bonds. The SMILES string of the molecule is Cc1cc(Br)c(C(C)(C)CCNC(C)(C)C)s1. The average Bonchev–Trinajstić information content (AvgIpc) is 2.43. The number of aryl methyl sites for hydroxylation is 1. The Kier molecular flexibility index (Phi) is 4.84. The Hall–Kier alpha value is 0.140. The third kappa shape index (κ3) is 4.72. The molecule has 0 aliphatic carbocycles. The molecule has 0 fully saturated rings. The summed E-state index contributed by atoms with van der Waals surface area (Å²) in [5, 5.41) is 3.56. The molecule has 98 valence electrons. The van der Waals surface area contributed by atoms with E-state index in [4.69, 9.17) is 0 Å². The van der Waals surface area contributed by atoms with Gasteiger partial charge in [-0.15, -0.1) is 11.3 Å². The second kappa shape index (κ2) is 5.41. The molecule has 0 bridgehead atoms. The highest BCUT2D eigenvalue weighted by Gasteiger charge is 2.25. The van der Waals surface area contributed by atoms with E-state index in [1.165, 1.54) is 14.2 Å². The van der Waals surface area contributed by atoms with E-state index in [1.54, 1.807) is 0 Å². The smallest absolute Gasteiger partial charge is 0.0322 e. The fraction of sp³-hybridized carbons (Fsp3) is 0.714. The van der Waals surface area contributed by atoms with Crippen molar-refractivity contribution in [2.45, 2.75) is 58.9 Å². The number of hydrogen-bond donors (Lipinski definition) is 1. The van der Waals surface area contributed by atoms with Crippen LogP contribution in [0.3, 0.4) is 0 Å². The highest BCUT2D eigenvalue weighted by atomic mass is 79.9. The van der Waals surface area contributed by atoms with Gasteiger partial charge in [-0.3, -0.25) is 0 Å². The molecule has 0 radical (unpaired) electrons. The van der Waals surface area contributed by atoms with Gasteiger partial charge in [0.1, 0.15) is 0 Å². The fourth-order valence-electron chi connectivity index (χ4n) is 1.81. The first kappa shape index (κ1) is 15.2. The molecule has 0 saturated heterocycles. The van der Waals surface area contributed by atoms with Crippen molar-refractivity contribution >= 4 is 27.3 Å².